The number of aromatic amines is 1. The van der Waals surface area contributed by atoms with Crippen LogP contribution >= 0.6 is 0 Å². The van der Waals surface area contributed by atoms with Gasteiger partial charge in [-0.05, 0) is 44.0 Å². The second kappa shape index (κ2) is 8.38. The Morgan fingerprint density at radius 3 is 2.75 bits per heavy atom. The molecule has 0 unspecified atom stereocenters. The normalized spacial score (nSPS) is 13.9. The van der Waals surface area contributed by atoms with Gasteiger partial charge < -0.3 is 19.1 Å². The predicted octanol–water partition coefficient (Wildman–Crippen LogP) is 5.28. The number of rotatable bonds is 5. The molecule has 6 heteroatoms. The van der Waals surface area contributed by atoms with Gasteiger partial charge in [0.1, 0.15) is 18.1 Å². The second-order valence-electron chi connectivity index (χ2n) is 8.07. The molecule has 2 aromatic heterocycles. The molecule has 1 aliphatic rings. The quantitative estimate of drug-likeness (QED) is 0.470. The first-order chi connectivity index (χ1) is 15.6. The summed E-state index contributed by atoms with van der Waals surface area (Å²) in [5.74, 6) is 1.29. The molecule has 1 aliphatic heterocycles. The van der Waals surface area contributed by atoms with E-state index in [1.807, 2.05) is 49.1 Å². The van der Waals surface area contributed by atoms with Gasteiger partial charge in [0, 0.05) is 35.8 Å². The van der Waals surface area contributed by atoms with Crippen LogP contribution in [0.1, 0.15) is 39.4 Å². The number of hydrogen-bond acceptors (Lipinski definition) is 4. The number of aryl methyl sites for hydroxylation is 2. The van der Waals surface area contributed by atoms with Gasteiger partial charge in [0.2, 0.25) is 0 Å². The van der Waals surface area contributed by atoms with Crippen LogP contribution in [0.2, 0.25) is 0 Å². The average Bonchev–Trinajstić information content (AvgIpc) is 3.40. The van der Waals surface area contributed by atoms with Crippen molar-refractivity contribution in [3.63, 3.8) is 0 Å². The van der Waals surface area contributed by atoms with E-state index in [4.69, 9.17) is 9.26 Å². The van der Waals surface area contributed by atoms with Crippen molar-refractivity contribution in [3.05, 3.63) is 88.9 Å². The third kappa shape index (κ3) is 3.68. The van der Waals surface area contributed by atoms with Crippen LogP contribution in [0.3, 0.4) is 0 Å². The topological polar surface area (TPSA) is 71.4 Å². The molecule has 0 atom stereocenters. The molecule has 0 fully saturated rings. The van der Waals surface area contributed by atoms with Crippen LogP contribution < -0.4 is 4.74 Å². The van der Waals surface area contributed by atoms with Gasteiger partial charge in [-0.15, -0.1) is 0 Å². The standard InChI is InChI=1S/C26H25N3O3/c1-17-23(18(2)32-28-17)16-31-25-10-6-4-8-21(25)26(30)29-13-11-19(12-14-29)22-15-27-24-9-5-3-7-20(22)24/h3-11,15,27H,12-14,16H2,1-2H3. The Morgan fingerprint density at radius 2 is 1.97 bits per heavy atom. The van der Waals surface area contributed by atoms with E-state index in [0.29, 0.717) is 31.0 Å². The largest absolute Gasteiger partial charge is 0.488 e. The summed E-state index contributed by atoms with van der Waals surface area (Å²) in [6.45, 7) is 5.31. The monoisotopic (exact) mass is 427 g/mol. The Kier molecular flexibility index (Phi) is 5.27. The molecule has 2 aromatic carbocycles. The van der Waals surface area contributed by atoms with Gasteiger partial charge in [0.25, 0.3) is 5.91 Å². The minimum absolute atomic E-state index is 0.0198. The fourth-order valence-corrected chi connectivity index (χ4v) is 4.23. The molecular weight excluding hydrogens is 402 g/mol. The van der Waals surface area contributed by atoms with Crippen molar-refractivity contribution in [2.75, 3.05) is 13.1 Å². The van der Waals surface area contributed by atoms with E-state index in [0.717, 1.165) is 29.0 Å². The third-order valence-electron chi connectivity index (χ3n) is 6.10. The van der Waals surface area contributed by atoms with Crippen molar-refractivity contribution in [2.45, 2.75) is 26.9 Å². The lowest BCUT2D eigenvalue weighted by atomic mass is 9.98. The number of aromatic nitrogens is 2. The SMILES string of the molecule is Cc1noc(C)c1COc1ccccc1C(=O)N1CC=C(c2c[nH]c3ccccc23)CC1. The number of ether oxygens (including phenoxy) is 1. The molecule has 1 amide bonds. The van der Waals surface area contributed by atoms with Gasteiger partial charge in [-0.3, -0.25) is 4.79 Å². The number of fused-ring (bicyclic) bond motifs is 1. The Labute approximate surface area is 186 Å². The summed E-state index contributed by atoms with van der Waals surface area (Å²) >= 11 is 0. The predicted molar refractivity (Wildman–Crippen MR) is 124 cm³/mol. The average molecular weight is 428 g/mol. The van der Waals surface area contributed by atoms with Crippen molar-refractivity contribution < 1.29 is 14.1 Å². The van der Waals surface area contributed by atoms with Crippen molar-refractivity contribution in [1.82, 2.24) is 15.0 Å². The highest BCUT2D eigenvalue weighted by Gasteiger charge is 2.23. The van der Waals surface area contributed by atoms with Crippen molar-refractivity contribution in [1.29, 1.82) is 0 Å². The lowest BCUT2D eigenvalue weighted by Gasteiger charge is -2.27. The number of H-pyrrole nitrogens is 1. The zero-order chi connectivity index (χ0) is 22.1. The van der Waals surface area contributed by atoms with E-state index in [9.17, 15) is 4.79 Å². The van der Waals surface area contributed by atoms with Gasteiger partial charge in [-0.2, -0.15) is 0 Å². The molecule has 6 nitrogen and oxygen atoms in total. The van der Waals surface area contributed by atoms with Crippen LogP contribution in [-0.2, 0) is 6.61 Å². The number of nitrogens with zero attached hydrogens (tertiary/aromatic N) is 2. The summed E-state index contributed by atoms with van der Waals surface area (Å²) in [5, 5.41) is 5.19. The molecule has 4 aromatic rings. The van der Waals surface area contributed by atoms with Crippen LogP contribution in [0.5, 0.6) is 5.75 Å². The van der Waals surface area contributed by atoms with Gasteiger partial charge >= 0.3 is 0 Å². The van der Waals surface area contributed by atoms with E-state index in [-0.39, 0.29) is 5.91 Å². The highest BCUT2D eigenvalue weighted by Crippen LogP contribution is 2.30. The Balaban J connectivity index is 1.32. The van der Waals surface area contributed by atoms with E-state index in [1.54, 1.807) is 0 Å². The Morgan fingerprint density at radius 1 is 1.16 bits per heavy atom. The first-order valence-electron chi connectivity index (χ1n) is 10.8. The molecule has 3 heterocycles. The number of carbonyl (C=O) groups is 1. The first kappa shape index (κ1) is 20.1. The van der Waals surface area contributed by atoms with E-state index >= 15 is 0 Å². The molecule has 0 saturated carbocycles. The first-order valence-corrected chi connectivity index (χ1v) is 10.8. The van der Waals surface area contributed by atoms with E-state index < -0.39 is 0 Å². The summed E-state index contributed by atoms with van der Waals surface area (Å²) in [6, 6.07) is 15.7. The van der Waals surface area contributed by atoms with Crippen LogP contribution in [0.25, 0.3) is 16.5 Å². The number of nitrogens with one attached hydrogen (secondary N) is 1. The fourth-order valence-electron chi connectivity index (χ4n) is 4.23. The summed E-state index contributed by atoms with van der Waals surface area (Å²) in [4.78, 5) is 18.5. The maximum atomic E-state index is 13.3. The minimum atomic E-state index is -0.0198. The number of benzene rings is 2. The van der Waals surface area contributed by atoms with E-state index in [1.165, 1.54) is 16.5 Å². The van der Waals surface area contributed by atoms with Gasteiger partial charge in [0.05, 0.1) is 16.8 Å². The zero-order valence-corrected chi connectivity index (χ0v) is 18.2. The van der Waals surface area contributed by atoms with Gasteiger partial charge in [-0.1, -0.05) is 41.6 Å². The second-order valence-corrected chi connectivity index (χ2v) is 8.07. The lowest BCUT2D eigenvalue weighted by molar-refractivity contribution is 0.0768. The molecule has 5 rings (SSSR count). The summed E-state index contributed by atoms with van der Waals surface area (Å²) in [7, 11) is 0. The lowest BCUT2D eigenvalue weighted by Crippen LogP contribution is -2.34. The molecule has 0 bridgehead atoms. The molecule has 0 spiro atoms. The maximum absolute atomic E-state index is 13.3. The van der Waals surface area contributed by atoms with Crippen LogP contribution in [-0.4, -0.2) is 34.0 Å². The van der Waals surface area contributed by atoms with Gasteiger partial charge in [0.15, 0.2) is 0 Å². The van der Waals surface area contributed by atoms with Crippen LogP contribution in [0, 0.1) is 13.8 Å². The highest BCUT2D eigenvalue weighted by atomic mass is 16.5. The number of carbonyl (C=O) groups excluding carboxylic acids is 1. The molecule has 162 valence electrons. The highest BCUT2D eigenvalue weighted by molar-refractivity contribution is 5.98. The number of amides is 1. The summed E-state index contributed by atoms with van der Waals surface area (Å²) < 4.78 is 11.2. The molecule has 0 aliphatic carbocycles. The Bertz CT molecular complexity index is 1300. The maximum Gasteiger partial charge on any atom is 0.257 e. The molecule has 0 saturated heterocycles. The van der Waals surface area contributed by atoms with Crippen molar-refractivity contribution in [2.24, 2.45) is 0 Å². The summed E-state index contributed by atoms with van der Waals surface area (Å²) in [6.07, 6.45) is 5.03. The fraction of sp³-hybridized carbons (Fsp3) is 0.231. The zero-order valence-electron chi connectivity index (χ0n) is 18.2. The van der Waals surface area contributed by atoms with Gasteiger partial charge in [-0.25, -0.2) is 0 Å². The number of para-hydroxylation sites is 2. The number of hydrogen-bond donors (Lipinski definition) is 1. The molecule has 1 N–H and O–H groups in total. The van der Waals surface area contributed by atoms with E-state index in [2.05, 4.69) is 40.6 Å². The minimum Gasteiger partial charge on any atom is -0.488 e. The smallest absolute Gasteiger partial charge is 0.257 e. The van der Waals surface area contributed by atoms with Crippen molar-refractivity contribution in [3.8, 4) is 5.75 Å². The van der Waals surface area contributed by atoms with Crippen LogP contribution in [0.15, 0.2) is 65.3 Å². The summed E-state index contributed by atoms with van der Waals surface area (Å²) in [5.41, 5.74) is 5.91. The third-order valence-corrected chi connectivity index (χ3v) is 6.10. The van der Waals surface area contributed by atoms with Crippen molar-refractivity contribution >= 4 is 22.4 Å². The van der Waals surface area contributed by atoms with Crippen LogP contribution in [0.4, 0.5) is 0 Å². The molecule has 32 heavy (non-hydrogen) atoms. The molecular formula is C26H25N3O3. The Hall–Kier alpha value is -3.80. The molecule has 0 radical (unpaired) electrons.